The Morgan fingerprint density at radius 2 is 0.862 bits per heavy atom. The van der Waals surface area contributed by atoms with Gasteiger partial charge in [0.2, 0.25) is 8.40 Å². The van der Waals surface area contributed by atoms with Crippen molar-refractivity contribution in [1.29, 1.82) is 0 Å². The zero-order valence-corrected chi connectivity index (χ0v) is 16.7. The lowest BCUT2D eigenvalue weighted by molar-refractivity contribution is -0.439. The Kier molecular flexibility index (Phi) is 7.52. The summed E-state index contributed by atoms with van der Waals surface area (Å²) >= 11 is 0. The summed E-state index contributed by atoms with van der Waals surface area (Å²) in [6, 6.07) is -0.924. The monoisotopic (exact) mass is 478 g/mol. The van der Waals surface area contributed by atoms with E-state index >= 15 is 0 Å². The molecular formula is C13H19F13N2Si. The molecule has 0 spiro atoms. The topological polar surface area (TPSA) is 6.48 Å². The van der Waals surface area contributed by atoms with Crippen molar-refractivity contribution in [1.82, 2.24) is 9.13 Å². The third kappa shape index (κ3) is 4.33. The van der Waals surface area contributed by atoms with Gasteiger partial charge in [-0.15, -0.1) is 0 Å². The quantitative estimate of drug-likeness (QED) is 0.328. The van der Waals surface area contributed by atoms with Crippen molar-refractivity contribution >= 4 is 8.40 Å². The molecule has 0 amide bonds. The van der Waals surface area contributed by atoms with E-state index in [1.54, 1.807) is 0 Å². The Labute approximate surface area is 158 Å². The van der Waals surface area contributed by atoms with Gasteiger partial charge >= 0.3 is 35.8 Å². The summed E-state index contributed by atoms with van der Waals surface area (Å²) in [6.45, 7) is 1.33. The number of nitrogens with zero attached hydrogens (tertiary/aromatic N) is 2. The van der Waals surface area contributed by atoms with E-state index in [0.29, 0.717) is 0 Å². The summed E-state index contributed by atoms with van der Waals surface area (Å²) in [5, 5.41) is 0. The molecule has 0 aliphatic heterocycles. The second-order valence-electron chi connectivity index (χ2n) is 7.01. The van der Waals surface area contributed by atoms with Crippen LogP contribution in [0.25, 0.3) is 0 Å². The molecule has 0 radical (unpaired) electrons. The van der Waals surface area contributed by atoms with Gasteiger partial charge in [0.25, 0.3) is 0 Å². The molecule has 0 aliphatic carbocycles. The molecule has 0 aromatic heterocycles. The minimum absolute atomic E-state index is 0.924. The van der Waals surface area contributed by atoms with Crippen molar-refractivity contribution in [2.45, 2.75) is 54.8 Å². The van der Waals surface area contributed by atoms with Crippen LogP contribution in [0.3, 0.4) is 0 Å². The summed E-state index contributed by atoms with van der Waals surface area (Å²) in [4.78, 5) is 0. The highest BCUT2D eigenvalue weighted by molar-refractivity contribution is 6.73. The fourth-order valence-electron chi connectivity index (χ4n) is 2.20. The third-order valence-corrected chi connectivity index (χ3v) is 9.89. The molecule has 0 saturated carbocycles. The minimum atomic E-state index is -7.85. The number of alkyl halides is 13. The van der Waals surface area contributed by atoms with Crippen LogP contribution in [-0.4, -0.2) is 81.5 Å². The van der Waals surface area contributed by atoms with Crippen LogP contribution in [-0.2, 0) is 0 Å². The van der Waals surface area contributed by atoms with Gasteiger partial charge in [0.1, 0.15) is 0 Å². The number of halogens is 13. The van der Waals surface area contributed by atoms with Crippen molar-refractivity contribution in [3.8, 4) is 0 Å². The van der Waals surface area contributed by atoms with Gasteiger partial charge in [-0.2, -0.15) is 57.1 Å². The van der Waals surface area contributed by atoms with E-state index in [9.17, 15) is 57.1 Å². The molecule has 0 N–H and O–H groups in total. The maximum atomic E-state index is 13.9. The summed E-state index contributed by atoms with van der Waals surface area (Å²) in [6.07, 6.45) is -9.56. The smallest absolute Gasteiger partial charge is 0.317 e. The second kappa shape index (κ2) is 7.73. The molecule has 16 heteroatoms. The van der Waals surface area contributed by atoms with Crippen molar-refractivity contribution in [3.05, 3.63) is 0 Å². The molecule has 0 atom stereocenters. The lowest BCUT2D eigenvalue weighted by Crippen LogP contribution is -2.70. The molecule has 176 valence electrons. The van der Waals surface area contributed by atoms with Gasteiger partial charge in [-0.1, -0.05) is 0 Å². The molecule has 0 saturated heterocycles. The van der Waals surface area contributed by atoms with Crippen LogP contribution in [0, 0.1) is 0 Å². The van der Waals surface area contributed by atoms with E-state index in [1.807, 2.05) is 0 Å². The molecule has 0 unspecified atom stereocenters. The number of hydrogen-bond donors (Lipinski definition) is 0. The van der Waals surface area contributed by atoms with E-state index in [0.717, 1.165) is 0 Å². The Hall–Kier alpha value is -0.773. The summed E-state index contributed by atoms with van der Waals surface area (Å²) in [5.74, 6) is -36.5. The first-order valence-corrected chi connectivity index (χ1v) is 10.3. The SMILES string of the molecule is CN(C)[Si](C)(CCC(F)(F)C(F)(F)C(F)(F)C(F)(F)C(F)(F)C(F)(F)F)N(C)C. The summed E-state index contributed by atoms with van der Waals surface area (Å²) in [7, 11) is 2.20. The maximum Gasteiger partial charge on any atom is 0.460 e. The molecule has 0 aliphatic rings. The Morgan fingerprint density at radius 1 is 0.552 bits per heavy atom. The van der Waals surface area contributed by atoms with Gasteiger partial charge in [-0.25, -0.2) is 0 Å². The Balaban J connectivity index is 6.12. The van der Waals surface area contributed by atoms with E-state index in [1.165, 1.54) is 43.9 Å². The molecule has 0 fully saturated rings. The van der Waals surface area contributed by atoms with Crippen molar-refractivity contribution in [2.75, 3.05) is 28.2 Å². The molecular weight excluding hydrogens is 459 g/mol. The molecule has 2 nitrogen and oxygen atoms in total. The van der Waals surface area contributed by atoms with Gasteiger partial charge in [0.05, 0.1) is 0 Å². The molecule has 0 aromatic rings. The number of rotatable bonds is 9. The van der Waals surface area contributed by atoms with E-state index in [-0.39, 0.29) is 0 Å². The van der Waals surface area contributed by atoms with Gasteiger partial charge in [-0.3, -0.25) is 0 Å². The lowest BCUT2D eigenvalue weighted by Gasteiger charge is -2.42. The maximum absolute atomic E-state index is 13.9. The van der Waals surface area contributed by atoms with Crippen LogP contribution < -0.4 is 0 Å². The standard InChI is InChI=1S/C13H19F13N2Si/c1-27(2)29(5,28(3)4)7-6-8(14,15)9(16,17)10(18,19)11(20,21)12(22,23)13(24,25)26/h6-7H2,1-5H3. The van der Waals surface area contributed by atoms with E-state index in [2.05, 4.69) is 0 Å². The van der Waals surface area contributed by atoms with Gasteiger partial charge in [-0.05, 0) is 40.8 Å². The fourth-order valence-corrected chi connectivity index (χ4v) is 4.68. The van der Waals surface area contributed by atoms with Gasteiger partial charge < -0.3 is 9.13 Å². The van der Waals surface area contributed by atoms with Crippen LogP contribution >= 0.6 is 0 Å². The minimum Gasteiger partial charge on any atom is -0.317 e. The van der Waals surface area contributed by atoms with Crippen LogP contribution in [0.5, 0.6) is 0 Å². The summed E-state index contributed by atoms with van der Waals surface area (Å²) < 4.78 is 173. The zero-order chi connectivity index (χ0) is 24.1. The lowest BCUT2D eigenvalue weighted by atomic mass is 9.93. The highest BCUT2D eigenvalue weighted by Crippen LogP contribution is 2.60. The van der Waals surface area contributed by atoms with Crippen LogP contribution in [0.4, 0.5) is 57.1 Å². The third-order valence-electron chi connectivity index (χ3n) is 4.84. The highest BCUT2D eigenvalue weighted by Gasteiger charge is 2.90. The molecule has 0 rings (SSSR count). The Morgan fingerprint density at radius 3 is 1.14 bits per heavy atom. The average molecular weight is 478 g/mol. The first-order chi connectivity index (χ1) is 12.3. The van der Waals surface area contributed by atoms with Crippen LogP contribution in [0.1, 0.15) is 6.42 Å². The van der Waals surface area contributed by atoms with Crippen molar-refractivity contribution in [2.24, 2.45) is 0 Å². The summed E-state index contributed by atoms with van der Waals surface area (Å²) in [5.41, 5.74) is 0. The van der Waals surface area contributed by atoms with Crippen LogP contribution in [0.2, 0.25) is 12.6 Å². The fraction of sp³-hybridized carbons (Fsp3) is 1.00. The molecule has 0 heterocycles. The largest absolute Gasteiger partial charge is 0.460 e. The van der Waals surface area contributed by atoms with Crippen molar-refractivity contribution < 1.29 is 57.1 Å². The molecule has 0 bridgehead atoms. The number of hydrogen-bond acceptors (Lipinski definition) is 2. The first-order valence-electron chi connectivity index (χ1n) is 7.65. The van der Waals surface area contributed by atoms with E-state index < -0.39 is 56.7 Å². The van der Waals surface area contributed by atoms with Gasteiger partial charge in [0, 0.05) is 6.42 Å². The van der Waals surface area contributed by atoms with Gasteiger partial charge in [0.15, 0.2) is 0 Å². The highest BCUT2D eigenvalue weighted by atomic mass is 28.3. The zero-order valence-electron chi connectivity index (χ0n) is 15.7. The van der Waals surface area contributed by atoms with E-state index in [4.69, 9.17) is 0 Å². The van der Waals surface area contributed by atoms with Crippen LogP contribution in [0.15, 0.2) is 0 Å². The van der Waals surface area contributed by atoms with Crippen molar-refractivity contribution in [3.63, 3.8) is 0 Å². The predicted molar refractivity (Wildman–Crippen MR) is 79.2 cm³/mol. The molecule has 29 heavy (non-hydrogen) atoms. The first kappa shape index (κ1) is 28.2. The second-order valence-corrected chi connectivity index (χ2v) is 11.7. The average Bonchev–Trinajstić information content (AvgIpc) is 2.50. The predicted octanol–water partition coefficient (Wildman–Crippen LogP) is 5.31. The normalized spacial score (nSPS) is 16.1. The Bertz CT molecular complexity index is 564. The molecule has 0 aromatic carbocycles.